The first kappa shape index (κ1) is 21.8. The van der Waals surface area contributed by atoms with Gasteiger partial charge in [0.05, 0.1) is 23.9 Å². The first-order valence-electron chi connectivity index (χ1n) is 10.4. The summed E-state index contributed by atoms with van der Waals surface area (Å²) in [6, 6.07) is 17.9. The molecule has 0 saturated carbocycles. The molecule has 4 rings (SSSR count). The number of halogens is 1. The van der Waals surface area contributed by atoms with Crippen LogP contribution in [0.5, 0.6) is 5.75 Å². The molecule has 0 amide bonds. The Morgan fingerprint density at radius 1 is 1.06 bits per heavy atom. The van der Waals surface area contributed by atoms with E-state index in [1.807, 2.05) is 43.3 Å². The van der Waals surface area contributed by atoms with E-state index in [2.05, 4.69) is 10.3 Å². The minimum atomic E-state index is -0.378. The van der Waals surface area contributed by atoms with Crippen LogP contribution in [0.4, 0.5) is 15.2 Å². The number of ether oxygens (including phenoxy) is 2. The van der Waals surface area contributed by atoms with Gasteiger partial charge in [0, 0.05) is 5.69 Å². The molecule has 7 heteroatoms. The maximum atomic E-state index is 13.4. The average molecular weight is 451 g/mol. The molecule has 5 nitrogen and oxygen atoms in total. The summed E-state index contributed by atoms with van der Waals surface area (Å²) in [5.41, 5.74) is 3.95. The van der Waals surface area contributed by atoms with Crippen molar-refractivity contribution in [2.45, 2.75) is 19.8 Å². The maximum Gasteiger partial charge on any atom is 0.341 e. The summed E-state index contributed by atoms with van der Waals surface area (Å²) < 4.78 is 24.9. The third kappa shape index (κ3) is 4.89. The van der Waals surface area contributed by atoms with Crippen LogP contribution in [0.1, 0.15) is 30.1 Å². The van der Waals surface area contributed by atoms with Crippen LogP contribution < -0.4 is 10.1 Å². The molecule has 0 bridgehead atoms. The lowest BCUT2D eigenvalue weighted by atomic mass is 10.0. The van der Waals surface area contributed by atoms with E-state index in [1.165, 1.54) is 23.5 Å². The second kappa shape index (κ2) is 9.78. The Kier molecular flexibility index (Phi) is 6.66. The molecular weight excluding hydrogens is 427 g/mol. The van der Waals surface area contributed by atoms with E-state index in [9.17, 15) is 9.18 Å². The highest BCUT2D eigenvalue weighted by Crippen LogP contribution is 2.31. The van der Waals surface area contributed by atoms with Crippen LogP contribution in [-0.2, 0) is 4.74 Å². The SMILES string of the molecule is CCCCOC(=O)c1ccc(-c2ccc(Nc3nc4ccc(F)cc4s3)cc2)cc1OC. The van der Waals surface area contributed by atoms with Gasteiger partial charge in [-0.05, 0) is 60.0 Å². The molecule has 1 aromatic heterocycles. The van der Waals surface area contributed by atoms with Crippen molar-refractivity contribution in [2.24, 2.45) is 0 Å². The van der Waals surface area contributed by atoms with Crippen LogP contribution in [0.3, 0.4) is 0 Å². The highest BCUT2D eigenvalue weighted by molar-refractivity contribution is 7.22. The highest BCUT2D eigenvalue weighted by Gasteiger charge is 2.15. The van der Waals surface area contributed by atoms with Crippen LogP contribution in [0.2, 0.25) is 0 Å². The quantitative estimate of drug-likeness (QED) is 0.236. The lowest BCUT2D eigenvalue weighted by molar-refractivity contribution is 0.0496. The Morgan fingerprint density at radius 2 is 1.84 bits per heavy atom. The molecule has 1 heterocycles. The van der Waals surface area contributed by atoms with Crippen molar-refractivity contribution in [3.63, 3.8) is 0 Å². The predicted octanol–water partition coefficient (Wildman–Crippen LogP) is 6.81. The molecule has 0 unspecified atom stereocenters. The van der Waals surface area contributed by atoms with E-state index in [0.717, 1.165) is 39.9 Å². The Balaban J connectivity index is 1.49. The summed E-state index contributed by atoms with van der Waals surface area (Å²) in [6.07, 6.45) is 1.80. The number of methoxy groups -OCH3 is 1. The third-order valence-corrected chi connectivity index (χ3v) is 5.91. The Morgan fingerprint density at radius 3 is 2.59 bits per heavy atom. The zero-order valence-corrected chi connectivity index (χ0v) is 18.7. The molecule has 0 saturated heterocycles. The van der Waals surface area contributed by atoms with Gasteiger partial charge in [0.1, 0.15) is 17.1 Å². The number of benzene rings is 3. The summed E-state index contributed by atoms with van der Waals surface area (Å²) in [4.78, 5) is 16.8. The lowest BCUT2D eigenvalue weighted by Gasteiger charge is -2.11. The molecule has 164 valence electrons. The fourth-order valence-electron chi connectivity index (χ4n) is 3.25. The van der Waals surface area contributed by atoms with E-state index in [4.69, 9.17) is 9.47 Å². The second-order valence-electron chi connectivity index (χ2n) is 7.24. The number of fused-ring (bicyclic) bond motifs is 1. The molecule has 0 fully saturated rings. The van der Waals surface area contributed by atoms with Crippen LogP contribution in [-0.4, -0.2) is 24.7 Å². The lowest BCUT2D eigenvalue weighted by Crippen LogP contribution is -2.08. The van der Waals surface area contributed by atoms with Crippen LogP contribution in [0.15, 0.2) is 60.7 Å². The van der Waals surface area contributed by atoms with Crippen molar-refractivity contribution in [1.29, 1.82) is 0 Å². The number of nitrogens with zero attached hydrogens (tertiary/aromatic N) is 1. The van der Waals surface area contributed by atoms with Crippen LogP contribution >= 0.6 is 11.3 Å². The van der Waals surface area contributed by atoms with E-state index in [0.29, 0.717) is 23.1 Å². The standard InChI is InChI=1S/C25H23FN2O3S/c1-3-4-13-31-24(29)20-11-7-17(14-22(20)30-2)16-5-9-19(10-6-16)27-25-28-21-12-8-18(26)15-23(21)32-25/h5-12,14-15H,3-4,13H2,1-2H3,(H,27,28). The normalized spacial score (nSPS) is 10.8. The van der Waals surface area contributed by atoms with Gasteiger partial charge in [-0.2, -0.15) is 0 Å². The number of nitrogens with one attached hydrogen (secondary N) is 1. The van der Waals surface area contributed by atoms with E-state index in [-0.39, 0.29) is 11.8 Å². The summed E-state index contributed by atoms with van der Waals surface area (Å²) >= 11 is 1.40. The average Bonchev–Trinajstić information content (AvgIpc) is 3.20. The minimum Gasteiger partial charge on any atom is -0.496 e. The monoisotopic (exact) mass is 450 g/mol. The fraction of sp³-hybridized carbons (Fsp3) is 0.200. The maximum absolute atomic E-state index is 13.4. The van der Waals surface area contributed by atoms with Crippen molar-refractivity contribution < 1.29 is 18.7 Å². The van der Waals surface area contributed by atoms with Crippen LogP contribution in [0, 0.1) is 5.82 Å². The molecule has 0 radical (unpaired) electrons. The number of thiazole rings is 1. The number of hydrogen-bond donors (Lipinski definition) is 1. The van der Waals surface area contributed by atoms with Gasteiger partial charge in [-0.1, -0.05) is 42.9 Å². The first-order valence-corrected chi connectivity index (χ1v) is 11.2. The number of esters is 1. The van der Waals surface area contributed by atoms with Gasteiger partial charge in [-0.15, -0.1) is 0 Å². The van der Waals surface area contributed by atoms with Gasteiger partial charge in [0.25, 0.3) is 0 Å². The minimum absolute atomic E-state index is 0.271. The summed E-state index contributed by atoms with van der Waals surface area (Å²) in [5, 5.41) is 3.96. The highest BCUT2D eigenvalue weighted by atomic mass is 32.1. The number of carbonyl (C=O) groups excluding carboxylic acids is 1. The van der Waals surface area contributed by atoms with Crippen molar-refractivity contribution >= 4 is 38.3 Å². The smallest absolute Gasteiger partial charge is 0.341 e. The van der Waals surface area contributed by atoms with Crippen molar-refractivity contribution in [2.75, 3.05) is 19.0 Å². The molecule has 0 aliphatic rings. The van der Waals surface area contributed by atoms with E-state index in [1.54, 1.807) is 19.2 Å². The summed E-state index contributed by atoms with van der Waals surface area (Å²) in [5.74, 6) is -0.169. The molecule has 0 aliphatic heterocycles. The topological polar surface area (TPSA) is 60.5 Å². The molecule has 1 N–H and O–H groups in total. The molecule has 0 atom stereocenters. The number of hydrogen-bond acceptors (Lipinski definition) is 6. The molecule has 0 spiro atoms. The number of anilines is 2. The Bertz CT molecular complexity index is 1240. The number of aromatic nitrogens is 1. The Hall–Kier alpha value is -3.45. The second-order valence-corrected chi connectivity index (χ2v) is 8.27. The zero-order valence-electron chi connectivity index (χ0n) is 17.9. The summed E-state index contributed by atoms with van der Waals surface area (Å²) in [7, 11) is 1.54. The van der Waals surface area contributed by atoms with Gasteiger partial charge < -0.3 is 14.8 Å². The van der Waals surface area contributed by atoms with E-state index < -0.39 is 0 Å². The van der Waals surface area contributed by atoms with Gasteiger partial charge >= 0.3 is 5.97 Å². The Labute approximate surface area is 189 Å². The first-order chi connectivity index (χ1) is 15.6. The van der Waals surface area contributed by atoms with Crippen molar-refractivity contribution in [3.05, 3.63) is 72.0 Å². The summed E-state index contributed by atoms with van der Waals surface area (Å²) in [6.45, 7) is 2.45. The molecule has 32 heavy (non-hydrogen) atoms. The fourth-order valence-corrected chi connectivity index (χ4v) is 4.16. The van der Waals surface area contributed by atoms with E-state index >= 15 is 0 Å². The third-order valence-electron chi connectivity index (χ3n) is 4.97. The predicted molar refractivity (Wildman–Crippen MR) is 126 cm³/mol. The number of unbranched alkanes of at least 4 members (excludes halogenated alkanes) is 1. The largest absolute Gasteiger partial charge is 0.496 e. The number of carbonyl (C=O) groups is 1. The van der Waals surface area contributed by atoms with Gasteiger partial charge in [0.2, 0.25) is 0 Å². The van der Waals surface area contributed by atoms with Crippen LogP contribution in [0.25, 0.3) is 21.3 Å². The van der Waals surface area contributed by atoms with Crippen molar-refractivity contribution in [3.8, 4) is 16.9 Å². The van der Waals surface area contributed by atoms with Gasteiger partial charge in [-0.25, -0.2) is 14.2 Å². The van der Waals surface area contributed by atoms with Gasteiger partial charge in [-0.3, -0.25) is 0 Å². The van der Waals surface area contributed by atoms with Gasteiger partial charge in [0.15, 0.2) is 5.13 Å². The molecule has 0 aliphatic carbocycles. The molecule has 4 aromatic rings. The molecule has 3 aromatic carbocycles. The van der Waals surface area contributed by atoms with Crippen molar-refractivity contribution in [1.82, 2.24) is 4.98 Å². The zero-order chi connectivity index (χ0) is 22.5. The number of rotatable bonds is 8. The molecular formula is C25H23FN2O3S.